The summed E-state index contributed by atoms with van der Waals surface area (Å²) in [5.74, 6) is 1.89. The molecular weight excluding hydrogens is 310 g/mol. The molecule has 0 amide bonds. The van der Waals surface area contributed by atoms with E-state index in [1.165, 1.54) is 44.3 Å². The Labute approximate surface area is 152 Å². The van der Waals surface area contributed by atoms with Gasteiger partial charge in [0.2, 0.25) is 0 Å². The average Bonchev–Trinajstić information content (AvgIpc) is 2.99. The highest BCUT2D eigenvalue weighted by atomic mass is 16.3. The average molecular weight is 344 g/mol. The van der Waals surface area contributed by atoms with Crippen LogP contribution < -0.4 is 0 Å². The van der Waals surface area contributed by atoms with Gasteiger partial charge in [0.15, 0.2) is 0 Å². The van der Waals surface area contributed by atoms with Crippen LogP contribution in [0.15, 0.2) is 24.3 Å². The second-order valence-corrected chi connectivity index (χ2v) is 8.81. The molecule has 2 N–H and O–H groups in total. The number of piperidine rings is 1. The van der Waals surface area contributed by atoms with Crippen molar-refractivity contribution in [3.8, 4) is 5.75 Å². The molecule has 0 radical (unpaired) electrons. The molecule has 2 saturated carbocycles. The van der Waals surface area contributed by atoms with Crippen LogP contribution in [0.2, 0.25) is 0 Å². The Morgan fingerprint density at radius 1 is 1.12 bits per heavy atom. The number of phenolic OH excluding ortho intramolecular Hbond substituents is 1. The largest absolute Gasteiger partial charge is 0.508 e. The maximum absolute atomic E-state index is 10.7. The smallest absolute Gasteiger partial charge is 0.115 e. The molecule has 138 valence electrons. The fourth-order valence-corrected chi connectivity index (χ4v) is 6.04. The van der Waals surface area contributed by atoms with Gasteiger partial charge in [0, 0.05) is 18.5 Å². The monoisotopic (exact) mass is 343 g/mol. The summed E-state index contributed by atoms with van der Waals surface area (Å²) >= 11 is 0. The van der Waals surface area contributed by atoms with Crippen molar-refractivity contribution >= 4 is 0 Å². The summed E-state index contributed by atoms with van der Waals surface area (Å²) in [7, 11) is 0. The maximum Gasteiger partial charge on any atom is 0.115 e. The number of aliphatic hydroxyl groups is 1. The van der Waals surface area contributed by atoms with Gasteiger partial charge < -0.3 is 15.1 Å². The third-order valence-electron chi connectivity index (χ3n) is 7.48. The van der Waals surface area contributed by atoms with E-state index in [0.29, 0.717) is 11.2 Å². The van der Waals surface area contributed by atoms with Crippen LogP contribution in [0, 0.1) is 11.8 Å². The van der Waals surface area contributed by atoms with Crippen molar-refractivity contribution in [2.45, 2.75) is 69.3 Å². The summed E-state index contributed by atoms with van der Waals surface area (Å²) in [6.07, 6.45) is 8.99. The van der Waals surface area contributed by atoms with Crippen LogP contribution in [0.1, 0.15) is 63.9 Å². The summed E-state index contributed by atoms with van der Waals surface area (Å²) in [4.78, 5) is 2.61. The molecule has 0 aromatic heterocycles. The van der Waals surface area contributed by atoms with Gasteiger partial charge in [-0.15, -0.1) is 0 Å². The number of phenols is 1. The third kappa shape index (κ3) is 3.10. The molecule has 1 aromatic carbocycles. The van der Waals surface area contributed by atoms with Gasteiger partial charge in [-0.3, -0.25) is 0 Å². The number of rotatable bonds is 6. The Morgan fingerprint density at radius 3 is 2.48 bits per heavy atom. The number of hydrogen-bond acceptors (Lipinski definition) is 3. The molecular formula is C22H33NO2. The lowest BCUT2D eigenvalue weighted by Gasteiger charge is -2.33. The quantitative estimate of drug-likeness (QED) is 0.818. The Morgan fingerprint density at radius 2 is 1.84 bits per heavy atom. The van der Waals surface area contributed by atoms with Gasteiger partial charge in [0.25, 0.3) is 0 Å². The molecule has 1 heterocycles. The Balaban J connectivity index is 1.30. The SMILES string of the molecule is CCC1(c2cccc(O)c2)C2CN(CCCC3(O)CCCCC3)CC21. The lowest BCUT2D eigenvalue weighted by Crippen LogP contribution is -2.34. The van der Waals surface area contributed by atoms with Gasteiger partial charge in [-0.1, -0.05) is 38.3 Å². The van der Waals surface area contributed by atoms with Crippen molar-refractivity contribution in [3.63, 3.8) is 0 Å². The van der Waals surface area contributed by atoms with E-state index in [9.17, 15) is 10.2 Å². The zero-order valence-electron chi connectivity index (χ0n) is 15.6. The lowest BCUT2D eigenvalue weighted by atomic mass is 9.81. The molecule has 4 rings (SSSR count). The minimum atomic E-state index is -0.365. The van der Waals surface area contributed by atoms with Crippen molar-refractivity contribution in [3.05, 3.63) is 29.8 Å². The van der Waals surface area contributed by atoms with E-state index < -0.39 is 0 Å². The maximum atomic E-state index is 10.7. The van der Waals surface area contributed by atoms with Crippen molar-refractivity contribution < 1.29 is 10.2 Å². The van der Waals surface area contributed by atoms with Gasteiger partial charge in [-0.2, -0.15) is 0 Å². The highest BCUT2D eigenvalue weighted by Crippen LogP contribution is 2.65. The standard InChI is InChI=1S/C22H33NO2/c1-2-22(17-8-6-9-18(24)14-17)19-15-23(16-20(19)22)13-7-12-21(25)10-4-3-5-11-21/h6,8-9,14,19-20,24-25H,2-5,7,10-13,15-16H2,1H3. The highest BCUT2D eigenvalue weighted by Gasteiger charge is 2.67. The first kappa shape index (κ1) is 17.4. The number of fused-ring (bicyclic) bond motifs is 1. The predicted octanol–water partition coefficient (Wildman–Crippen LogP) is 4.08. The van der Waals surface area contributed by atoms with Crippen molar-refractivity contribution in [2.75, 3.05) is 19.6 Å². The molecule has 1 saturated heterocycles. The molecule has 0 spiro atoms. The van der Waals surface area contributed by atoms with Crippen LogP contribution in [0.5, 0.6) is 5.75 Å². The fraction of sp³-hybridized carbons (Fsp3) is 0.727. The highest BCUT2D eigenvalue weighted by molar-refractivity contribution is 5.42. The van der Waals surface area contributed by atoms with Gasteiger partial charge >= 0.3 is 0 Å². The first-order valence-electron chi connectivity index (χ1n) is 10.3. The first-order valence-corrected chi connectivity index (χ1v) is 10.3. The van der Waals surface area contributed by atoms with Crippen LogP contribution >= 0.6 is 0 Å². The van der Waals surface area contributed by atoms with E-state index in [4.69, 9.17) is 0 Å². The molecule has 1 aromatic rings. The van der Waals surface area contributed by atoms with Gasteiger partial charge in [-0.05, 0) is 68.2 Å². The number of benzene rings is 1. The number of hydrogen-bond donors (Lipinski definition) is 2. The summed E-state index contributed by atoms with van der Waals surface area (Å²) in [6.45, 7) is 5.81. The Kier molecular flexibility index (Phi) is 4.57. The molecule has 2 atom stereocenters. The predicted molar refractivity (Wildman–Crippen MR) is 101 cm³/mol. The van der Waals surface area contributed by atoms with Gasteiger partial charge in [-0.25, -0.2) is 0 Å². The Hall–Kier alpha value is -1.06. The second kappa shape index (κ2) is 6.59. The van der Waals surface area contributed by atoms with Crippen LogP contribution in [0.3, 0.4) is 0 Å². The molecule has 0 bridgehead atoms. The molecule has 3 nitrogen and oxygen atoms in total. The van der Waals surface area contributed by atoms with E-state index in [1.54, 1.807) is 6.07 Å². The molecule has 3 heteroatoms. The zero-order chi connectivity index (χ0) is 17.5. The topological polar surface area (TPSA) is 43.7 Å². The van der Waals surface area contributed by atoms with Crippen LogP contribution in [0.4, 0.5) is 0 Å². The van der Waals surface area contributed by atoms with E-state index in [1.807, 2.05) is 12.1 Å². The fourth-order valence-electron chi connectivity index (χ4n) is 6.04. The van der Waals surface area contributed by atoms with E-state index in [0.717, 1.165) is 44.1 Å². The number of aromatic hydroxyl groups is 1. The van der Waals surface area contributed by atoms with Crippen molar-refractivity contribution in [1.29, 1.82) is 0 Å². The van der Waals surface area contributed by atoms with E-state index in [2.05, 4.69) is 17.9 Å². The summed E-state index contributed by atoms with van der Waals surface area (Å²) in [5, 5.41) is 20.5. The molecule has 2 unspecified atom stereocenters. The Bertz CT molecular complexity index is 596. The first-order chi connectivity index (χ1) is 12.1. The molecule has 2 aliphatic carbocycles. The van der Waals surface area contributed by atoms with E-state index >= 15 is 0 Å². The van der Waals surface area contributed by atoms with Crippen molar-refractivity contribution in [2.24, 2.45) is 11.8 Å². The van der Waals surface area contributed by atoms with Crippen LogP contribution in [-0.2, 0) is 5.41 Å². The number of likely N-dealkylation sites (tertiary alicyclic amines) is 1. The van der Waals surface area contributed by atoms with Crippen LogP contribution in [-0.4, -0.2) is 40.3 Å². The van der Waals surface area contributed by atoms with Gasteiger partial charge in [0.05, 0.1) is 5.60 Å². The lowest BCUT2D eigenvalue weighted by molar-refractivity contribution is -0.00721. The van der Waals surface area contributed by atoms with Crippen molar-refractivity contribution in [1.82, 2.24) is 4.90 Å². The van der Waals surface area contributed by atoms with E-state index in [-0.39, 0.29) is 5.60 Å². The second-order valence-electron chi connectivity index (χ2n) is 8.81. The summed E-state index contributed by atoms with van der Waals surface area (Å²) in [5.41, 5.74) is 1.27. The third-order valence-corrected chi connectivity index (χ3v) is 7.48. The molecule has 1 aliphatic heterocycles. The normalized spacial score (nSPS) is 34.0. The van der Waals surface area contributed by atoms with Gasteiger partial charge in [0.1, 0.15) is 5.75 Å². The minimum Gasteiger partial charge on any atom is -0.508 e. The minimum absolute atomic E-state index is 0.302. The summed E-state index contributed by atoms with van der Waals surface area (Å²) < 4.78 is 0. The molecule has 25 heavy (non-hydrogen) atoms. The number of nitrogens with zero attached hydrogens (tertiary/aromatic N) is 1. The zero-order valence-corrected chi connectivity index (χ0v) is 15.6. The summed E-state index contributed by atoms with van der Waals surface area (Å²) in [6, 6.07) is 7.93. The molecule has 3 aliphatic rings. The molecule has 3 fully saturated rings. The van der Waals surface area contributed by atoms with Crippen LogP contribution in [0.25, 0.3) is 0 Å².